The van der Waals surface area contributed by atoms with Crippen molar-refractivity contribution in [3.8, 4) is 0 Å². The van der Waals surface area contributed by atoms with Crippen LogP contribution < -0.4 is 0 Å². The Bertz CT molecular complexity index is 722. The number of carbonyl (C=O) groups is 2. The molecule has 0 unspecified atom stereocenters. The van der Waals surface area contributed by atoms with E-state index in [1.807, 2.05) is 31.2 Å². The summed E-state index contributed by atoms with van der Waals surface area (Å²) in [6.45, 7) is 3.20. The quantitative estimate of drug-likeness (QED) is 0.815. The van der Waals surface area contributed by atoms with Crippen molar-refractivity contribution >= 4 is 11.7 Å². The number of benzene rings is 1. The Labute approximate surface area is 136 Å². The van der Waals surface area contributed by atoms with E-state index in [1.54, 1.807) is 11.1 Å². The van der Waals surface area contributed by atoms with Gasteiger partial charge in [0.05, 0.1) is 6.42 Å². The van der Waals surface area contributed by atoms with Crippen LogP contribution in [0, 0.1) is 6.92 Å². The second-order valence-electron chi connectivity index (χ2n) is 6.03. The van der Waals surface area contributed by atoms with Gasteiger partial charge in [0.1, 0.15) is 5.78 Å². The predicted molar refractivity (Wildman–Crippen MR) is 87.9 cm³/mol. The highest BCUT2D eigenvalue weighted by Gasteiger charge is 2.22. The first-order valence-corrected chi connectivity index (χ1v) is 7.89. The summed E-state index contributed by atoms with van der Waals surface area (Å²) in [5.74, 6) is -0.135. The molecule has 1 aliphatic rings. The lowest BCUT2D eigenvalue weighted by Crippen LogP contribution is -2.37. The van der Waals surface area contributed by atoms with Crippen LogP contribution in [0.1, 0.15) is 28.8 Å². The Balaban J connectivity index is 1.57. The number of rotatable bonds is 4. The van der Waals surface area contributed by atoms with Crippen LogP contribution in [0.15, 0.2) is 42.6 Å². The van der Waals surface area contributed by atoms with E-state index in [4.69, 9.17) is 0 Å². The summed E-state index contributed by atoms with van der Waals surface area (Å²) in [5, 5.41) is 0. The number of aromatic nitrogens is 1. The third-order valence-electron chi connectivity index (χ3n) is 4.21. The first kappa shape index (κ1) is 15.4. The molecule has 0 N–H and O–H groups in total. The highest BCUT2D eigenvalue weighted by molar-refractivity contribution is 5.98. The lowest BCUT2D eigenvalue weighted by Gasteiger charge is -2.28. The van der Waals surface area contributed by atoms with Crippen LogP contribution in [0.5, 0.6) is 0 Å². The van der Waals surface area contributed by atoms with E-state index in [0.29, 0.717) is 13.1 Å². The summed E-state index contributed by atoms with van der Waals surface area (Å²) in [4.78, 5) is 30.4. The molecule has 23 heavy (non-hydrogen) atoms. The molecule has 1 amide bonds. The van der Waals surface area contributed by atoms with Crippen molar-refractivity contribution in [3.05, 3.63) is 65.0 Å². The van der Waals surface area contributed by atoms with Crippen molar-refractivity contribution < 1.29 is 9.59 Å². The van der Waals surface area contributed by atoms with E-state index < -0.39 is 0 Å². The van der Waals surface area contributed by atoms with E-state index in [0.717, 1.165) is 17.7 Å². The number of hydrogen-bond acceptors (Lipinski definition) is 3. The van der Waals surface area contributed by atoms with Gasteiger partial charge in [0.25, 0.3) is 0 Å². The normalized spacial score (nSPS) is 13.5. The van der Waals surface area contributed by atoms with Crippen LogP contribution >= 0.6 is 0 Å². The number of nitrogens with zero attached hydrogens (tertiary/aromatic N) is 2. The molecule has 2 aromatic rings. The highest BCUT2D eigenvalue weighted by atomic mass is 16.2. The molecule has 1 aromatic carbocycles. The van der Waals surface area contributed by atoms with Gasteiger partial charge in [-0.25, -0.2) is 0 Å². The minimum Gasteiger partial charge on any atom is -0.338 e. The van der Waals surface area contributed by atoms with E-state index in [1.165, 1.54) is 11.1 Å². The van der Waals surface area contributed by atoms with Gasteiger partial charge in [-0.15, -0.1) is 0 Å². The average molecular weight is 308 g/mol. The SMILES string of the molecule is Cc1ccc(CC(=O)CC(=O)N2CCc3ccccc3C2)cn1. The summed E-state index contributed by atoms with van der Waals surface area (Å²) in [6, 6.07) is 11.9. The van der Waals surface area contributed by atoms with Crippen molar-refractivity contribution in [1.82, 2.24) is 9.88 Å². The lowest BCUT2D eigenvalue weighted by atomic mass is 9.99. The first-order chi connectivity index (χ1) is 11.1. The molecule has 1 aromatic heterocycles. The molecule has 0 atom stereocenters. The van der Waals surface area contributed by atoms with Gasteiger partial charge in [0, 0.05) is 31.4 Å². The van der Waals surface area contributed by atoms with Crippen molar-refractivity contribution in [2.75, 3.05) is 6.54 Å². The van der Waals surface area contributed by atoms with E-state index in [-0.39, 0.29) is 24.5 Å². The lowest BCUT2D eigenvalue weighted by molar-refractivity contribution is -0.136. The molecule has 118 valence electrons. The molecule has 1 aliphatic heterocycles. The van der Waals surface area contributed by atoms with Crippen molar-refractivity contribution in [3.63, 3.8) is 0 Å². The molecule has 2 heterocycles. The maximum atomic E-state index is 12.4. The standard InChI is InChI=1S/C19H20N2O2/c1-14-6-7-15(12-20-14)10-18(22)11-19(23)21-9-8-16-4-2-3-5-17(16)13-21/h2-7,12H,8-11,13H2,1H3. The van der Waals surface area contributed by atoms with Crippen LogP contribution in [-0.2, 0) is 29.0 Å². The van der Waals surface area contributed by atoms with Crippen LogP contribution in [0.3, 0.4) is 0 Å². The third-order valence-corrected chi connectivity index (χ3v) is 4.21. The fourth-order valence-electron chi connectivity index (χ4n) is 2.88. The summed E-state index contributed by atoms with van der Waals surface area (Å²) >= 11 is 0. The second kappa shape index (κ2) is 6.73. The molecule has 0 aliphatic carbocycles. The summed E-state index contributed by atoms with van der Waals surface area (Å²) in [6.07, 6.45) is 2.80. The number of Topliss-reactive ketones (excluding diaryl/α,β-unsaturated/α-hetero) is 1. The van der Waals surface area contributed by atoms with Crippen molar-refractivity contribution in [1.29, 1.82) is 0 Å². The Morgan fingerprint density at radius 2 is 1.91 bits per heavy atom. The molecule has 4 heteroatoms. The monoisotopic (exact) mass is 308 g/mol. The number of hydrogen-bond donors (Lipinski definition) is 0. The van der Waals surface area contributed by atoms with Gasteiger partial charge in [0.2, 0.25) is 5.91 Å². The molecular weight excluding hydrogens is 288 g/mol. The molecule has 3 rings (SSSR count). The summed E-state index contributed by atoms with van der Waals surface area (Å²) in [7, 11) is 0. The predicted octanol–water partition coefficient (Wildman–Crippen LogP) is 2.48. The summed E-state index contributed by atoms with van der Waals surface area (Å²) < 4.78 is 0. The zero-order valence-corrected chi connectivity index (χ0v) is 13.3. The fourth-order valence-corrected chi connectivity index (χ4v) is 2.88. The van der Waals surface area contributed by atoms with E-state index >= 15 is 0 Å². The van der Waals surface area contributed by atoms with Gasteiger partial charge in [-0.2, -0.15) is 0 Å². The zero-order valence-electron chi connectivity index (χ0n) is 13.3. The van der Waals surface area contributed by atoms with Crippen molar-refractivity contribution in [2.24, 2.45) is 0 Å². The van der Waals surface area contributed by atoms with Crippen LogP contribution in [0.25, 0.3) is 0 Å². The molecule has 0 saturated heterocycles. The van der Waals surface area contributed by atoms with Crippen LogP contribution in [0.2, 0.25) is 0 Å². The highest BCUT2D eigenvalue weighted by Crippen LogP contribution is 2.19. The Morgan fingerprint density at radius 1 is 1.13 bits per heavy atom. The number of aryl methyl sites for hydroxylation is 1. The van der Waals surface area contributed by atoms with Gasteiger partial charge in [-0.1, -0.05) is 30.3 Å². The topological polar surface area (TPSA) is 50.3 Å². The second-order valence-corrected chi connectivity index (χ2v) is 6.03. The van der Waals surface area contributed by atoms with E-state index in [2.05, 4.69) is 17.1 Å². The van der Waals surface area contributed by atoms with Gasteiger partial charge >= 0.3 is 0 Å². The van der Waals surface area contributed by atoms with E-state index in [9.17, 15) is 9.59 Å². The molecule has 0 fully saturated rings. The first-order valence-electron chi connectivity index (χ1n) is 7.89. The number of pyridine rings is 1. The Kier molecular flexibility index (Phi) is 4.51. The molecule has 0 radical (unpaired) electrons. The third kappa shape index (κ3) is 3.83. The molecule has 0 saturated carbocycles. The number of fused-ring (bicyclic) bond motifs is 1. The van der Waals surface area contributed by atoms with Crippen LogP contribution in [0.4, 0.5) is 0 Å². The maximum Gasteiger partial charge on any atom is 0.230 e. The van der Waals surface area contributed by atoms with Crippen molar-refractivity contribution in [2.45, 2.75) is 32.7 Å². The largest absolute Gasteiger partial charge is 0.338 e. The Hall–Kier alpha value is -2.49. The molecular formula is C19H20N2O2. The number of carbonyl (C=O) groups excluding carboxylic acids is 2. The Morgan fingerprint density at radius 3 is 2.65 bits per heavy atom. The smallest absolute Gasteiger partial charge is 0.230 e. The van der Waals surface area contributed by atoms with Gasteiger partial charge in [0.15, 0.2) is 0 Å². The number of ketones is 1. The fraction of sp³-hybridized carbons (Fsp3) is 0.316. The molecule has 0 spiro atoms. The van der Waals surface area contributed by atoms with Crippen LogP contribution in [-0.4, -0.2) is 28.1 Å². The minimum absolute atomic E-state index is 0.0317. The zero-order chi connectivity index (χ0) is 16.2. The number of amides is 1. The maximum absolute atomic E-state index is 12.4. The summed E-state index contributed by atoms with van der Waals surface area (Å²) in [5.41, 5.74) is 4.26. The molecule has 0 bridgehead atoms. The minimum atomic E-state index is -0.0791. The average Bonchev–Trinajstić information content (AvgIpc) is 2.56. The van der Waals surface area contributed by atoms with Gasteiger partial charge in [-0.3, -0.25) is 14.6 Å². The molecule has 4 nitrogen and oxygen atoms in total. The van der Waals surface area contributed by atoms with Gasteiger partial charge < -0.3 is 4.90 Å². The van der Waals surface area contributed by atoms with Gasteiger partial charge in [-0.05, 0) is 36.1 Å².